The molecule has 1 amide bonds. The highest BCUT2D eigenvalue weighted by molar-refractivity contribution is 5.74. The Kier molecular flexibility index (Phi) is 7.63. The zero-order valence-electron chi connectivity index (χ0n) is 8.51. The van der Waals surface area contributed by atoms with E-state index in [1.54, 1.807) is 0 Å². The molecule has 13 heavy (non-hydrogen) atoms. The van der Waals surface area contributed by atoms with Crippen molar-refractivity contribution in [3.63, 3.8) is 0 Å². The number of rotatable bonds is 7. The maximum absolute atomic E-state index is 11.0. The molecule has 0 radical (unpaired) electrons. The molecule has 0 saturated heterocycles. The molecule has 78 valence electrons. The number of nitrogens with one attached hydrogen (secondary N) is 1. The van der Waals surface area contributed by atoms with E-state index in [4.69, 9.17) is 10.6 Å². The summed E-state index contributed by atoms with van der Waals surface area (Å²) in [6.07, 6.45) is 2.36. The minimum atomic E-state index is -0.0503. The lowest BCUT2D eigenvalue weighted by Crippen LogP contribution is -2.23. The van der Waals surface area contributed by atoms with E-state index in [0.717, 1.165) is 12.8 Å². The van der Waals surface area contributed by atoms with Crippen LogP contribution in [0.2, 0.25) is 0 Å². The van der Waals surface area contributed by atoms with Gasteiger partial charge in [0.15, 0.2) is 0 Å². The Labute approximate surface area is 79.8 Å². The lowest BCUT2D eigenvalue weighted by atomic mass is 10.0. The summed E-state index contributed by atoms with van der Waals surface area (Å²) in [5.41, 5.74) is 7.75. The quantitative estimate of drug-likeness (QED) is 0.581. The summed E-state index contributed by atoms with van der Waals surface area (Å²) >= 11 is 0. The summed E-state index contributed by atoms with van der Waals surface area (Å²) < 4.78 is 0. The Morgan fingerprint density at radius 3 is 2.77 bits per heavy atom. The van der Waals surface area contributed by atoms with Gasteiger partial charge in [-0.1, -0.05) is 6.92 Å². The summed E-state index contributed by atoms with van der Waals surface area (Å²) in [7, 11) is 0. The fourth-order valence-corrected chi connectivity index (χ4v) is 1.01. The van der Waals surface area contributed by atoms with Gasteiger partial charge in [0, 0.05) is 6.42 Å². The fourth-order valence-electron chi connectivity index (χ4n) is 1.01. The third-order valence-corrected chi connectivity index (χ3v) is 1.85. The number of carbonyl (C=O) groups excluding carboxylic acids is 1. The van der Waals surface area contributed by atoms with Gasteiger partial charge in [0.25, 0.3) is 0 Å². The normalized spacial score (nSPS) is 12.5. The van der Waals surface area contributed by atoms with Gasteiger partial charge in [-0.05, 0) is 32.2 Å². The van der Waals surface area contributed by atoms with Crippen LogP contribution >= 0.6 is 0 Å². The van der Waals surface area contributed by atoms with E-state index in [0.29, 0.717) is 25.5 Å². The Morgan fingerprint density at radius 2 is 2.23 bits per heavy atom. The van der Waals surface area contributed by atoms with E-state index in [2.05, 4.69) is 12.4 Å². The molecule has 0 aromatic heterocycles. The number of nitrogens with two attached hydrogens (primary N) is 1. The van der Waals surface area contributed by atoms with Gasteiger partial charge in [0.05, 0.1) is 6.61 Å². The Hall–Kier alpha value is -0.610. The Balaban J connectivity index is 3.34. The van der Waals surface area contributed by atoms with E-state index >= 15 is 0 Å². The number of hydrogen-bond donors (Lipinski definition) is 2. The highest BCUT2D eigenvalue weighted by Crippen LogP contribution is 2.08. The van der Waals surface area contributed by atoms with E-state index < -0.39 is 0 Å². The monoisotopic (exact) mass is 188 g/mol. The molecule has 4 nitrogen and oxygen atoms in total. The lowest BCUT2D eigenvalue weighted by Gasteiger charge is -2.09. The van der Waals surface area contributed by atoms with Crippen LogP contribution in [0.25, 0.3) is 0 Å². The topological polar surface area (TPSA) is 64.3 Å². The second-order valence-electron chi connectivity index (χ2n) is 3.18. The molecule has 0 aliphatic heterocycles. The van der Waals surface area contributed by atoms with Gasteiger partial charge in [0.2, 0.25) is 5.91 Å². The summed E-state index contributed by atoms with van der Waals surface area (Å²) in [5.74, 6) is 0.461. The number of carbonyl (C=O) groups is 1. The summed E-state index contributed by atoms with van der Waals surface area (Å²) in [5, 5.41) is 0. The highest BCUT2D eigenvalue weighted by Gasteiger charge is 2.05. The lowest BCUT2D eigenvalue weighted by molar-refractivity contribution is -0.133. The minimum absolute atomic E-state index is 0.0503. The zero-order chi connectivity index (χ0) is 10.1. The van der Waals surface area contributed by atoms with Crippen molar-refractivity contribution in [3.05, 3.63) is 0 Å². The molecule has 1 atom stereocenters. The van der Waals surface area contributed by atoms with Crippen LogP contribution in [0, 0.1) is 5.92 Å². The van der Waals surface area contributed by atoms with E-state index in [1.807, 2.05) is 6.92 Å². The molecule has 0 spiro atoms. The van der Waals surface area contributed by atoms with Gasteiger partial charge in [-0.2, -0.15) is 0 Å². The molecule has 0 aliphatic rings. The number of hydrogen-bond acceptors (Lipinski definition) is 3. The maximum Gasteiger partial charge on any atom is 0.243 e. The molecule has 1 unspecified atom stereocenters. The first-order valence-electron chi connectivity index (χ1n) is 4.81. The molecule has 0 aliphatic carbocycles. The predicted molar refractivity (Wildman–Crippen MR) is 51.8 cm³/mol. The summed E-state index contributed by atoms with van der Waals surface area (Å²) in [6.45, 7) is 5.12. The van der Waals surface area contributed by atoms with Gasteiger partial charge < -0.3 is 5.73 Å². The molecular weight excluding hydrogens is 168 g/mol. The van der Waals surface area contributed by atoms with Crippen molar-refractivity contribution in [1.29, 1.82) is 0 Å². The van der Waals surface area contributed by atoms with Crippen LogP contribution in [0.5, 0.6) is 0 Å². The molecule has 0 aromatic rings. The third-order valence-electron chi connectivity index (χ3n) is 1.85. The highest BCUT2D eigenvalue weighted by atomic mass is 16.6. The van der Waals surface area contributed by atoms with Crippen molar-refractivity contribution in [1.82, 2.24) is 5.48 Å². The molecule has 0 rings (SSSR count). The van der Waals surface area contributed by atoms with Crippen molar-refractivity contribution in [2.45, 2.75) is 33.1 Å². The van der Waals surface area contributed by atoms with Crippen molar-refractivity contribution in [2.75, 3.05) is 13.2 Å². The molecule has 0 aromatic carbocycles. The fraction of sp³-hybridized carbons (Fsp3) is 0.889. The molecule has 3 N–H and O–H groups in total. The standard InChI is InChI=1S/C9H20N2O2/c1-3-13-11-9(12)5-4-8(2)6-7-10/h8H,3-7,10H2,1-2H3,(H,11,12). The van der Waals surface area contributed by atoms with Crippen molar-refractivity contribution >= 4 is 5.91 Å². The maximum atomic E-state index is 11.0. The van der Waals surface area contributed by atoms with Crippen molar-refractivity contribution in [2.24, 2.45) is 11.7 Å². The van der Waals surface area contributed by atoms with Gasteiger partial charge in [-0.15, -0.1) is 0 Å². The molecular formula is C9H20N2O2. The SMILES string of the molecule is CCONC(=O)CCC(C)CCN. The van der Waals surface area contributed by atoms with Crippen LogP contribution in [0.15, 0.2) is 0 Å². The average Bonchev–Trinajstić information content (AvgIpc) is 2.12. The van der Waals surface area contributed by atoms with Crippen LogP contribution in [-0.4, -0.2) is 19.1 Å². The molecule has 0 heterocycles. The van der Waals surface area contributed by atoms with Crippen LogP contribution in [-0.2, 0) is 9.63 Å². The summed E-state index contributed by atoms with van der Waals surface area (Å²) in [4.78, 5) is 15.8. The average molecular weight is 188 g/mol. The zero-order valence-corrected chi connectivity index (χ0v) is 8.51. The van der Waals surface area contributed by atoms with Crippen LogP contribution in [0.4, 0.5) is 0 Å². The predicted octanol–water partition coefficient (Wildman–Crippen LogP) is 0.819. The van der Waals surface area contributed by atoms with E-state index in [1.165, 1.54) is 0 Å². The molecule has 0 bridgehead atoms. The van der Waals surface area contributed by atoms with Crippen LogP contribution in [0.3, 0.4) is 0 Å². The second-order valence-corrected chi connectivity index (χ2v) is 3.18. The largest absolute Gasteiger partial charge is 0.330 e. The first-order chi connectivity index (χ1) is 6.20. The van der Waals surface area contributed by atoms with Gasteiger partial charge in [0.1, 0.15) is 0 Å². The number of amides is 1. The first-order valence-corrected chi connectivity index (χ1v) is 4.81. The third kappa shape index (κ3) is 7.74. The van der Waals surface area contributed by atoms with Gasteiger partial charge >= 0.3 is 0 Å². The van der Waals surface area contributed by atoms with E-state index in [9.17, 15) is 4.79 Å². The molecule has 4 heteroatoms. The van der Waals surface area contributed by atoms with Gasteiger partial charge in [-0.25, -0.2) is 5.48 Å². The smallest absolute Gasteiger partial charge is 0.243 e. The Morgan fingerprint density at radius 1 is 1.54 bits per heavy atom. The van der Waals surface area contributed by atoms with Crippen molar-refractivity contribution in [3.8, 4) is 0 Å². The van der Waals surface area contributed by atoms with Crippen LogP contribution in [0.1, 0.15) is 33.1 Å². The molecule has 0 saturated carbocycles. The summed E-state index contributed by atoms with van der Waals surface area (Å²) in [6, 6.07) is 0. The Bertz CT molecular complexity index is 140. The van der Waals surface area contributed by atoms with E-state index in [-0.39, 0.29) is 5.91 Å². The number of hydroxylamine groups is 1. The van der Waals surface area contributed by atoms with Crippen LogP contribution < -0.4 is 11.2 Å². The molecule has 0 fully saturated rings. The van der Waals surface area contributed by atoms with Gasteiger partial charge in [-0.3, -0.25) is 9.63 Å². The minimum Gasteiger partial charge on any atom is -0.330 e. The van der Waals surface area contributed by atoms with Crippen molar-refractivity contribution < 1.29 is 9.63 Å². The first kappa shape index (κ1) is 12.4. The second kappa shape index (κ2) is 8.01.